The average Bonchev–Trinajstić information content (AvgIpc) is 3.29. The summed E-state index contributed by atoms with van der Waals surface area (Å²) in [5.41, 5.74) is 3.85. The molecule has 2 aromatic carbocycles. The monoisotopic (exact) mass is 419 g/mol. The minimum Gasteiger partial charge on any atom is -0.323 e. The molecule has 3 aromatic rings. The lowest BCUT2D eigenvalue weighted by atomic mass is 10.0. The number of nitrogens with zero attached hydrogens (tertiary/aromatic N) is 1. The number of benzene rings is 2. The molecule has 1 aromatic heterocycles. The lowest BCUT2D eigenvalue weighted by Crippen LogP contribution is -2.46. The van der Waals surface area contributed by atoms with Crippen molar-refractivity contribution in [3.8, 4) is 0 Å². The summed E-state index contributed by atoms with van der Waals surface area (Å²) in [6, 6.07) is 20.0. The highest BCUT2D eigenvalue weighted by molar-refractivity contribution is 7.10. The van der Waals surface area contributed by atoms with E-state index in [1.807, 2.05) is 35.7 Å². The summed E-state index contributed by atoms with van der Waals surface area (Å²) in [6.07, 6.45) is 2.18. The number of thiophene rings is 1. The number of hydrogen-bond acceptors (Lipinski definition) is 4. The Bertz CT molecular complexity index is 1020. The molecule has 0 saturated carbocycles. The first-order valence-corrected chi connectivity index (χ1v) is 11.1. The van der Waals surface area contributed by atoms with E-state index in [-0.39, 0.29) is 30.9 Å². The maximum Gasteiger partial charge on any atom is 0.244 e. The first-order chi connectivity index (χ1) is 14.7. The summed E-state index contributed by atoms with van der Waals surface area (Å²) in [5.74, 6) is -0.301. The molecular formula is C24H25N3O2S. The summed E-state index contributed by atoms with van der Waals surface area (Å²) in [7, 11) is 0. The zero-order chi connectivity index (χ0) is 20.9. The molecule has 2 amide bonds. The van der Waals surface area contributed by atoms with Crippen molar-refractivity contribution in [2.24, 2.45) is 0 Å². The van der Waals surface area contributed by atoms with Gasteiger partial charge in [-0.2, -0.15) is 0 Å². The van der Waals surface area contributed by atoms with Crippen LogP contribution >= 0.6 is 11.3 Å². The van der Waals surface area contributed by atoms with Gasteiger partial charge in [-0.1, -0.05) is 55.8 Å². The fourth-order valence-corrected chi connectivity index (χ4v) is 4.57. The van der Waals surface area contributed by atoms with Crippen molar-refractivity contribution >= 4 is 34.5 Å². The number of carbonyl (C=O) groups excluding carboxylic acids is 2. The number of hydrogen-bond donors (Lipinski definition) is 2. The van der Waals surface area contributed by atoms with Crippen LogP contribution in [0, 0.1) is 0 Å². The van der Waals surface area contributed by atoms with E-state index in [0.717, 1.165) is 29.0 Å². The molecule has 0 unspecified atom stereocenters. The zero-order valence-corrected chi connectivity index (χ0v) is 17.7. The van der Waals surface area contributed by atoms with Gasteiger partial charge in [-0.15, -0.1) is 11.3 Å². The van der Waals surface area contributed by atoms with Gasteiger partial charge in [0, 0.05) is 4.88 Å². The summed E-state index contributed by atoms with van der Waals surface area (Å²) >= 11 is 1.67. The molecule has 1 atom stereocenters. The van der Waals surface area contributed by atoms with E-state index in [4.69, 9.17) is 0 Å². The van der Waals surface area contributed by atoms with Crippen LogP contribution in [-0.4, -0.2) is 24.9 Å². The van der Waals surface area contributed by atoms with Gasteiger partial charge in [0.25, 0.3) is 0 Å². The van der Waals surface area contributed by atoms with Crippen molar-refractivity contribution in [2.75, 3.05) is 23.3 Å². The Morgan fingerprint density at radius 1 is 1.13 bits per heavy atom. The van der Waals surface area contributed by atoms with Crippen LogP contribution in [0.3, 0.4) is 0 Å². The fraction of sp³-hybridized carbons (Fsp3) is 0.250. The molecular weight excluding hydrogens is 394 g/mol. The predicted octanol–water partition coefficient (Wildman–Crippen LogP) is 4.36. The quantitative estimate of drug-likeness (QED) is 0.598. The Morgan fingerprint density at radius 2 is 1.93 bits per heavy atom. The van der Waals surface area contributed by atoms with Crippen molar-refractivity contribution in [3.05, 3.63) is 82.0 Å². The molecule has 2 heterocycles. The Labute approximate surface area is 180 Å². The van der Waals surface area contributed by atoms with Crippen LogP contribution < -0.4 is 15.5 Å². The number of carbonyl (C=O) groups is 2. The smallest absolute Gasteiger partial charge is 0.244 e. The summed E-state index contributed by atoms with van der Waals surface area (Å²) in [4.78, 5) is 27.8. The largest absolute Gasteiger partial charge is 0.323 e. The number of amides is 2. The van der Waals surface area contributed by atoms with Crippen molar-refractivity contribution in [2.45, 2.75) is 25.8 Å². The molecule has 0 aliphatic carbocycles. The van der Waals surface area contributed by atoms with Crippen LogP contribution in [0.25, 0.3) is 0 Å². The molecule has 2 N–H and O–H groups in total. The normalized spacial score (nSPS) is 14.2. The van der Waals surface area contributed by atoms with Crippen LogP contribution in [0.5, 0.6) is 0 Å². The van der Waals surface area contributed by atoms with Gasteiger partial charge in [0.1, 0.15) is 6.54 Å². The van der Waals surface area contributed by atoms with E-state index < -0.39 is 0 Å². The van der Waals surface area contributed by atoms with Gasteiger partial charge in [-0.25, -0.2) is 0 Å². The molecule has 1 aliphatic rings. The van der Waals surface area contributed by atoms with E-state index in [0.29, 0.717) is 5.69 Å². The van der Waals surface area contributed by atoms with Gasteiger partial charge in [-0.05, 0) is 41.1 Å². The second kappa shape index (κ2) is 9.24. The minimum atomic E-state index is -0.177. The zero-order valence-electron chi connectivity index (χ0n) is 16.9. The van der Waals surface area contributed by atoms with E-state index >= 15 is 0 Å². The van der Waals surface area contributed by atoms with Gasteiger partial charge in [0.15, 0.2) is 0 Å². The number of para-hydroxylation sites is 2. The van der Waals surface area contributed by atoms with Crippen LogP contribution in [-0.2, 0) is 16.0 Å². The van der Waals surface area contributed by atoms with Crippen LogP contribution in [0.1, 0.15) is 35.4 Å². The molecule has 30 heavy (non-hydrogen) atoms. The third-order valence-corrected chi connectivity index (χ3v) is 6.15. The fourth-order valence-electron chi connectivity index (χ4n) is 3.74. The Morgan fingerprint density at radius 3 is 2.67 bits per heavy atom. The van der Waals surface area contributed by atoms with Crippen molar-refractivity contribution < 1.29 is 9.59 Å². The van der Waals surface area contributed by atoms with Gasteiger partial charge in [-0.3, -0.25) is 19.8 Å². The second-order valence-corrected chi connectivity index (χ2v) is 8.35. The summed E-state index contributed by atoms with van der Waals surface area (Å²) in [5, 5.41) is 8.29. The first-order valence-electron chi connectivity index (χ1n) is 10.2. The number of fused-ring (bicyclic) bond motifs is 1. The van der Waals surface area contributed by atoms with E-state index in [1.165, 1.54) is 5.56 Å². The number of anilines is 2. The SMILES string of the molecule is CCCc1ccc([C@H](NCC(=O)N2CC(=O)Nc3ccccc32)c2cccs2)cc1. The number of nitrogens with one attached hydrogen (secondary N) is 2. The van der Waals surface area contributed by atoms with Gasteiger partial charge in [0.05, 0.1) is 24.0 Å². The topological polar surface area (TPSA) is 61.4 Å². The molecule has 1 aliphatic heterocycles. The highest BCUT2D eigenvalue weighted by Gasteiger charge is 2.27. The molecule has 0 radical (unpaired) electrons. The maximum absolute atomic E-state index is 13.0. The molecule has 0 bridgehead atoms. The third-order valence-electron chi connectivity index (χ3n) is 5.21. The van der Waals surface area contributed by atoms with Crippen molar-refractivity contribution in [1.29, 1.82) is 0 Å². The standard InChI is InChI=1S/C24H25N3O2S/c1-2-6-17-10-12-18(13-11-17)24(21-9-5-14-30-21)25-15-23(29)27-16-22(28)26-19-7-3-4-8-20(19)27/h3-5,7-14,24-25H,2,6,15-16H2,1H3,(H,26,28)/t24-/m0/s1. The molecule has 0 spiro atoms. The summed E-state index contributed by atoms with van der Waals surface area (Å²) in [6.45, 7) is 2.35. The maximum atomic E-state index is 13.0. The van der Waals surface area contributed by atoms with E-state index in [9.17, 15) is 9.59 Å². The lowest BCUT2D eigenvalue weighted by molar-refractivity contribution is -0.121. The first kappa shape index (κ1) is 20.3. The Hall–Kier alpha value is -2.96. The molecule has 0 fully saturated rings. The third kappa shape index (κ3) is 4.45. The molecule has 154 valence electrons. The van der Waals surface area contributed by atoms with Crippen LogP contribution in [0.4, 0.5) is 11.4 Å². The van der Waals surface area contributed by atoms with E-state index in [1.54, 1.807) is 16.2 Å². The van der Waals surface area contributed by atoms with Crippen LogP contribution in [0.2, 0.25) is 0 Å². The molecule has 0 saturated heterocycles. The van der Waals surface area contributed by atoms with E-state index in [2.05, 4.69) is 47.9 Å². The van der Waals surface area contributed by atoms with Crippen molar-refractivity contribution in [1.82, 2.24) is 5.32 Å². The molecule has 6 heteroatoms. The van der Waals surface area contributed by atoms with Crippen LogP contribution in [0.15, 0.2) is 66.0 Å². The lowest BCUT2D eigenvalue weighted by Gasteiger charge is -2.30. The Balaban J connectivity index is 1.52. The van der Waals surface area contributed by atoms with Gasteiger partial charge < -0.3 is 5.32 Å². The highest BCUT2D eigenvalue weighted by Crippen LogP contribution is 2.30. The minimum absolute atomic E-state index is 0.0346. The highest BCUT2D eigenvalue weighted by atomic mass is 32.1. The van der Waals surface area contributed by atoms with Gasteiger partial charge >= 0.3 is 0 Å². The predicted molar refractivity (Wildman–Crippen MR) is 122 cm³/mol. The molecule has 4 rings (SSSR count). The number of aryl methyl sites for hydroxylation is 1. The molecule has 5 nitrogen and oxygen atoms in total. The average molecular weight is 420 g/mol. The van der Waals surface area contributed by atoms with Gasteiger partial charge in [0.2, 0.25) is 11.8 Å². The summed E-state index contributed by atoms with van der Waals surface area (Å²) < 4.78 is 0. The number of rotatable bonds is 7. The Kier molecular flexibility index (Phi) is 6.26. The van der Waals surface area contributed by atoms with Crippen molar-refractivity contribution in [3.63, 3.8) is 0 Å². The second-order valence-electron chi connectivity index (χ2n) is 7.37.